The normalized spacial score (nSPS) is 12.5. The first-order valence-corrected chi connectivity index (χ1v) is 8.80. The molecule has 2 heterocycles. The molecule has 0 aromatic carbocycles. The second kappa shape index (κ2) is 6.76. The Morgan fingerprint density at radius 2 is 2.05 bits per heavy atom. The molecule has 0 bridgehead atoms. The zero-order valence-corrected chi connectivity index (χ0v) is 12.9. The van der Waals surface area contributed by atoms with E-state index < -0.39 is 28.4 Å². The lowest BCUT2D eigenvalue weighted by Crippen LogP contribution is -2.28. The van der Waals surface area contributed by atoms with Crippen molar-refractivity contribution in [2.45, 2.75) is 19.1 Å². The number of nitrogens with zero attached hydrogens (tertiary/aromatic N) is 1. The van der Waals surface area contributed by atoms with Gasteiger partial charge in [-0.05, 0) is 23.1 Å². The minimum atomic E-state index is -4.49. The van der Waals surface area contributed by atoms with Gasteiger partial charge in [-0.15, -0.1) is 11.3 Å². The molecule has 0 aliphatic carbocycles. The van der Waals surface area contributed by atoms with Gasteiger partial charge in [-0.2, -0.15) is 13.2 Å². The lowest BCUT2D eigenvalue weighted by molar-refractivity contribution is -0.129. The van der Waals surface area contributed by atoms with Crippen molar-refractivity contribution < 1.29 is 21.6 Å². The van der Waals surface area contributed by atoms with Gasteiger partial charge in [0.15, 0.2) is 0 Å². The molecule has 0 fully saturated rings. The Morgan fingerprint density at radius 3 is 2.68 bits per heavy atom. The Balaban J connectivity index is 1.98. The van der Waals surface area contributed by atoms with Crippen molar-refractivity contribution in [3.05, 3.63) is 41.5 Å². The Kier molecular flexibility index (Phi) is 5.20. The summed E-state index contributed by atoms with van der Waals surface area (Å²) in [6.45, 7) is -0.0909. The second-order valence-corrected chi connectivity index (χ2v) is 7.44. The first-order valence-electron chi connectivity index (χ1n) is 6.27. The highest BCUT2D eigenvalue weighted by molar-refractivity contribution is 7.89. The lowest BCUT2D eigenvalue weighted by atomic mass is 10.2. The molecule has 0 atom stereocenters. The Hall–Kier alpha value is -1.45. The van der Waals surface area contributed by atoms with Crippen LogP contribution in [0.5, 0.6) is 0 Å². The van der Waals surface area contributed by atoms with Gasteiger partial charge in [0.2, 0.25) is 10.0 Å². The lowest BCUT2D eigenvalue weighted by Gasteiger charge is -2.09. The summed E-state index contributed by atoms with van der Waals surface area (Å²) in [6, 6.07) is 5.54. The van der Waals surface area contributed by atoms with Crippen molar-refractivity contribution in [2.24, 2.45) is 0 Å². The van der Waals surface area contributed by atoms with Crippen LogP contribution >= 0.6 is 11.3 Å². The predicted octanol–water partition coefficient (Wildman–Crippen LogP) is 3.18. The third-order valence-electron chi connectivity index (χ3n) is 2.75. The van der Waals surface area contributed by atoms with E-state index in [1.165, 1.54) is 17.5 Å². The fourth-order valence-corrected chi connectivity index (χ4v) is 3.42. The Bertz CT molecular complexity index is 713. The average molecular weight is 350 g/mol. The van der Waals surface area contributed by atoms with Gasteiger partial charge in [0.1, 0.15) is 0 Å². The van der Waals surface area contributed by atoms with Crippen LogP contribution in [-0.4, -0.2) is 25.3 Å². The molecule has 0 amide bonds. The van der Waals surface area contributed by atoms with Crippen LogP contribution in [0.15, 0.2) is 36.0 Å². The molecule has 2 aromatic rings. The summed E-state index contributed by atoms with van der Waals surface area (Å²) >= 11 is 1.52. The van der Waals surface area contributed by atoms with E-state index in [1.54, 1.807) is 12.3 Å². The van der Waals surface area contributed by atoms with Gasteiger partial charge >= 0.3 is 6.18 Å². The van der Waals surface area contributed by atoms with E-state index in [-0.39, 0.29) is 6.54 Å². The van der Waals surface area contributed by atoms with E-state index in [9.17, 15) is 21.6 Å². The van der Waals surface area contributed by atoms with Crippen LogP contribution in [0.3, 0.4) is 0 Å². The SMILES string of the molecule is O=S(=O)(CCC(F)(F)F)NCc1cncc(-c2cccs2)c1. The summed E-state index contributed by atoms with van der Waals surface area (Å²) in [5.41, 5.74) is 1.42. The highest BCUT2D eigenvalue weighted by atomic mass is 32.2. The first kappa shape index (κ1) is 16.9. The number of hydrogen-bond acceptors (Lipinski definition) is 4. The number of alkyl halides is 3. The van der Waals surface area contributed by atoms with Crippen LogP contribution in [0.1, 0.15) is 12.0 Å². The molecule has 0 aliphatic heterocycles. The van der Waals surface area contributed by atoms with Crippen LogP contribution < -0.4 is 4.72 Å². The van der Waals surface area contributed by atoms with Gasteiger partial charge in [0.25, 0.3) is 0 Å². The summed E-state index contributed by atoms with van der Waals surface area (Å²) in [5, 5.41) is 1.90. The number of halogens is 3. The third-order valence-corrected chi connectivity index (χ3v) is 5.00. The standard InChI is InChI=1S/C13H13F3N2O2S2/c14-13(15,16)3-5-22(19,20)18-8-10-6-11(9-17-7-10)12-2-1-4-21-12/h1-2,4,6-7,9,18H,3,5,8H2. The monoisotopic (exact) mass is 350 g/mol. The molecule has 2 aromatic heterocycles. The molecule has 1 N–H and O–H groups in total. The van der Waals surface area contributed by atoms with Crippen LogP contribution in [0.25, 0.3) is 10.4 Å². The van der Waals surface area contributed by atoms with Crippen molar-refractivity contribution in [3.8, 4) is 10.4 Å². The van der Waals surface area contributed by atoms with Gasteiger partial charge < -0.3 is 0 Å². The molecule has 22 heavy (non-hydrogen) atoms. The van der Waals surface area contributed by atoms with E-state index in [0.29, 0.717) is 5.56 Å². The van der Waals surface area contributed by atoms with Gasteiger partial charge in [-0.3, -0.25) is 4.98 Å². The summed E-state index contributed by atoms with van der Waals surface area (Å²) in [7, 11) is -3.97. The van der Waals surface area contributed by atoms with E-state index >= 15 is 0 Å². The first-order chi connectivity index (χ1) is 10.3. The number of pyridine rings is 1. The summed E-state index contributed by atoms with van der Waals surface area (Å²) in [5.74, 6) is -0.978. The fourth-order valence-electron chi connectivity index (χ4n) is 1.68. The Morgan fingerprint density at radius 1 is 1.27 bits per heavy atom. The molecule has 0 unspecified atom stereocenters. The largest absolute Gasteiger partial charge is 0.390 e. The van der Waals surface area contributed by atoms with Crippen LogP contribution in [-0.2, 0) is 16.6 Å². The maximum absolute atomic E-state index is 12.1. The van der Waals surface area contributed by atoms with Crippen LogP contribution in [0.2, 0.25) is 0 Å². The molecule has 2 rings (SSSR count). The van der Waals surface area contributed by atoms with Gasteiger partial charge in [0.05, 0.1) is 12.2 Å². The molecule has 0 saturated heterocycles. The highest BCUT2D eigenvalue weighted by Gasteiger charge is 2.29. The third kappa shape index (κ3) is 5.39. The van der Waals surface area contributed by atoms with Gasteiger partial charge in [0, 0.05) is 29.4 Å². The van der Waals surface area contributed by atoms with Gasteiger partial charge in [-0.25, -0.2) is 13.1 Å². The average Bonchev–Trinajstić information content (AvgIpc) is 2.97. The maximum Gasteiger partial charge on any atom is 0.390 e. The number of hydrogen-bond donors (Lipinski definition) is 1. The molecule has 120 valence electrons. The topological polar surface area (TPSA) is 59.1 Å². The summed E-state index contributed by atoms with van der Waals surface area (Å²) in [6.07, 6.45) is -2.73. The molecule has 0 aliphatic rings. The summed E-state index contributed by atoms with van der Waals surface area (Å²) < 4.78 is 61.4. The Labute approximate surface area is 130 Å². The minimum absolute atomic E-state index is 0.0909. The van der Waals surface area contributed by atoms with E-state index in [4.69, 9.17) is 0 Å². The van der Waals surface area contributed by atoms with Crippen molar-refractivity contribution in [1.82, 2.24) is 9.71 Å². The fraction of sp³-hybridized carbons (Fsp3) is 0.308. The number of aromatic nitrogens is 1. The van der Waals surface area contributed by atoms with Crippen molar-refractivity contribution >= 4 is 21.4 Å². The molecular weight excluding hydrogens is 337 g/mol. The number of thiophene rings is 1. The molecule has 9 heteroatoms. The molecule has 0 saturated carbocycles. The smallest absolute Gasteiger partial charge is 0.264 e. The van der Waals surface area contributed by atoms with Crippen molar-refractivity contribution in [2.75, 3.05) is 5.75 Å². The highest BCUT2D eigenvalue weighted by Crippen LogP contribution is 2.24. The zero-order valence-electron chi connectivity index (χ0n) is 11.3. The van der Waals surface area contributed by atoms with E-state index in [1.807, 2.05) is 17.5 Å². The predicted molar refractivity (Wildman–Crippen MR) is 78.8 cm³/mol. The summed E-state index contributed by atoms with van der Waals surface area (Å²) in [4.78, 5) is 5.00. The van der Waals surface area contributed by atoms with Crippen molar-refractivity contribution in [3.63, 3.8) is 0 Å². The number of sulfonamides is 1. The number of rotatable bonds is 6. The second-order valence-electron chi connectivity index (χ2n) is 4.56. The van der Waals surface area contributed by atoms with Gasteiger partial charge in [-0.1, -0.05) is 6.07 Å². The van der Waals surface area contributed by atoms with Crippen molar-refractivity contribution in [1.29, 1.82) is 0 Å². The van der Waals surface area contributed by atoms with Crippen LogP contribution in [0.4, 0.5) is 13.2 Å². The molecule has 4 nitrogen and oxygen atoms in total. The molecular formula is C13H13F3N2O2S2. The zero-order chi connectivity index (χ0) is 16.2. The molecule has 0 radical (unpaired) electrons. The quantitative estimate of drug-likeness (QED) is 0.870. The maximum atomic E-state index is 12.1. The number of nitrogens with one attached hydrogen (secondary N) is 1. The van der Waals surface area contributed by atoms with E-state index in [0.717, 1.165) is 10.4 Å². The van der Waals surface area contributed by atoms with E-state index in [2.05, 4.69) is 9.71 Å². The molecule has 0 spiro atoms. The van der Waals surface area contributed by atoms with Crippen LogP contribution in [0, 0.1) is 0 Å². The minimum Gasteiger partial charge on any atom is -0.264 e.